The highest BCUT2D eigenvalue weighted by atomic mass is 32.1. The van der Waals surface area contributed by atoms with Gasteiger partial charge in [0.2, 0.25) is 0 Å². The Bertz CT molecular complexity index is 534. The third-order valence-electron chi connectivity index (χ3n) is 3.74. The Kier molecular flexibility index (Phi) is 4.40. The van der Waals surface area contributed by atoms with Gasteiger partial charge in [-0.3, -0.25) is 9.88 Å². The Morgan fingerprint density at radius 2 is 2.25 bits per heavy atom. The fourth-order valence-electron chi connectivity index (χ4n) is 2.67. The zero-order valence-electron chi connectivity index (χ0n) is 11.7. The molecule has 0 amide bonds. The molecule has 5 heteroatoms. The van der Waals surface area contributed by atoms with Crippen LogP contribution in [-0.2, 0) is 0 Å². The van der Waals surface area contributed by atoms with Crippen LogP contribution >= 0.6 is 11.3 Å². The summed E-state index contributed by atoms with van der Waals surface area (Å²) in [4.78, 5) is 11.6. The molecule has 1 fully saturated rings. The minimum Gasteiger partial charge on any atom is -0.314 e. The first kappa shape index (κ1) is 13.7. The van der Waals surface area contributed by atoms with Gasteiger partial charge in [-0.25, -0.2) is 4.98 Å². The molecule has 1 aliphatic heterocycles. The maximum atomic E-state index is 4.84. The van der Waals surface area contributed by atoms with E-state index in [2.05, 4.69) is 33.6 Å². The van der Waals surface area contributed by atoms with Crippen LogP contribution in [0.15, 0.2) is 29.9 Å². The first-order valence-electron chi connectivity index (χ1n) is 7.19. The Labute approximate surface area is 123 Å². The maximum absolute atomic E-state index is 4.84. The smallest absolute Gasteiger partial charge is 0.110 e. The van der Waals surface area contributed by atoms with Crippen molar-refractivity contribution in [1.29, 1.82) is 0 Å². The topological polar surface area (TPSA) is 41.1 Å². The van der Waals surface area contributed by atoms with Crippen LogP contribution in [-0.4, -0.2) is 41.0 Å². The number of nitrogens with zero attached hydrogens (tertiary/aromatic N) is 3. The Morgan fingerprint density at radius 3 is 2.95 bits per heavy atom. The summed E-state index contributed by atoms with van der Waals surface area (Å²) in [5.41, 5.74) is 2.15. The van der Waals surface area contributed by atoms with Crippen LogP contribution in [0.2, 0.25) is 0 Å². The summed E-state index contributed by atoms with van der Waals surface area (Å²) < 4.78 is 0. The molecule has 0 spiro atoms. The number of thiazole rings is 1. The summed E-state index contributed by atoms with van der Waals surface area (Å²) in [6.45, 7) is 6.63. The van der Waals surface area contributed by atoms with Crippen molar-refractivity contribution >= 4 is 11.3 Å². The number of hydrogen-bond acceptors (Lipinski definition) is 5. The molecule has 3 heterocycles. The Morgan fingerprint density at radius 1 is 1.40 bits per heavy atom. The standard InChI is InChI=1S/C15H20N4S/c1-2-14(19-8-6-16-7-9-19)15-18-13(11-20-15)12-4-3-5-17-10-12/h3-5,10-11,14,16H,2,6-9H2,1H3. The summed E-state index contributed by atoms with van der Waals surface area (Å²) in [5.74, 6) is 0. The molecule has 0 aliphatic carbocycles. The average Bonchev–Trinajstić information content (AvgIpc) is 3.00. The number of hydrogen-bond donors (Lipinski definition) is 1. The van der Waals surface area contributed by atoms with Crippen molar-refractivity contribution in [3.05, 3.63) is 34.9 Å². The zero-order chi connectivity index (χ0) is 13.8. The predicted molar refractivity (Wildman–Crippen MR) is 82.8 cm³/mol. The van der Waals surface area contributed by atoms with Gasteiger partial charge in [0.25, 0.3) is 0 Å². The van der Waals surface area contributed by atoms with E-state index in [9.17, 15) is 0 Å². The van der Waals surface area contributed by atoms with E-state index in [1.807, 2.05) is 12.3 Å². The molecule has 0 bridgehead atoms. The van der Waals surface area contributed by atoms with Crippen LogP contribution in [0.5, 0.6) is 0 Å². The lowest BCUT2D eigenvalue weighted by Crippen LogP contribution is -2.45. The second-order valence-corrected chi connectivity index (χ2v) is 5.91. The van der Waals surface area contributed by atoms with Gasteiger partial charge >= 0.3 is 0 Å². The first-order valence-corrected chi connectivity index (χ1v) is 8.07. The fraction of sp³-hybridized carbons (Fsp3) is 0.467. The Balaban J connectivity index is 1.80. The summed E-state index contributed by atoms with van der Waals surface area (Å²) in [6.07, 6.45) is 4.79. The van der Waals surface area contributed by atoms with Crippen molar-refractivity contribution in [2.75, 3.05) is 26.2 Å². The van der Waals surface area contributed by atoms with Crippen LogP contribution in [0.4, 0.5) is 0 Å². The number of aromatic nitrogens is 2. The van der Waals surface area contributed by atoms with Gasteiger partial charge in [0.15, 0.2) is 0 Å². The second-order valence-electron chi connectivity index (χ2n) is 5.02. The van der Waals surface area contributed by atoms with Gasteiger partial charge in [0, 0.05) is 49.5 Å². The summed E-state index contributed by atoms with van der Waals surface area (Å²) in [6, 6.07) is 4.48. The van der Waals surface area contributed by atoms with Crippen molar-refractivity contribution in [2.45, 2.75) is 19.4 Å². The number of piperazine rings is 1. The molecule has 1 saturated heterocycles. The highest BCUT2D eigenvalue weighted by Crippen LogP contribution is 2.30. The SMILES string of the molecule is CCC(c1nc(-c2cccnc2)cs1)N1CCNCC1. The molecular weight excluding hydrogens is 268 g/mol. The molecular formula is C15H20N4S. The van der Waals surface area contributed by atoms with Crippen molar-refractivity contribution in [2.24, 2.45) is 0 Å². The van der Waals surface area contributed by atoms with Crippen LogP contribution in [0.25, 0.3) is 11.3 Å². The van der Waals surface area contributed by atoms with Crippen molar-refractivity contribution in [3.8, 4) is 11.3 Å². The number of pyridine rings is 1. The molecule has 1 atom stereocenters. The van der Waals surface area contributed by atoms with Gasteiger partial charge in [0.05, 0.1) is 11.7 Å². The van der Waals surface area contributed by atoms with Crippen LogP contribution in [0.1, 0.15) is 24.4 Å². The van der Waals surface area contributed by atoms with E-state index in [-0.39, 0.29) is 0 Å². The molecule has 2 aromatic heterocycles. The van der Waals surface area contributed by atoms with Crippen LogP contribution in [0.3, 0.4) is 0 Å². The Hall–Kier alpha value is -1.30. The highest BCUT2D eigenvalue weighted by molar-refractivity contribution is 7.10. The quantitative estimate of drug-likeness (QED) is 0.939. The normalized spacial score (nSPS) is 18.1. The van der Waals surface area contributed by atoms with Gasteiger partial charge in [-0.15, -0.1) is 11.3 Å². The molecule has 0 radical (unpaired) electrons. The molecule has 0 saturated carbocycles. The summed E-state index contributed by atoms with van der Waals surface area (Å²) in [7, 11) is 0. The predicted octanol–water partition coefficient (Wildman–Crippen LogP) is 2.56. The number of nitrogens with one attached hydrogen (secondary N) is 1. The minimum atomic E-state index is 0.451. The minimum absolute atomic E-state index is 0.451. The fourth-order valence-corrected chi connectivity index (χ4v) is 3.72. The molecule has 2 aromatic rings. The van der Waals surface area contributed by atoms with Crippen molar-refractivity contribution in [3.63, 3.8) is 0 Å². The first-order chi connectivity index (χ1) is 9.88. The molecule has 20 heavy (non-hydrogen) atoms. The van der Waals surface area contributed by atoms with E-state index >= 15 is 0 Å². The van der Waals surface area contributed by atoms with E-state index in [0.717, 1.165) is 43.9 Å². The molecule has 0 aromatic carbocycles. The van der Waals surface area contributed by atoms with Crippen molar-refractivity contribution in [1.82, 2.24) is 20.2 Å². The molecule has 1 N–H and O–H groups in total. The van der Waals surface area contributed by atoms with E-state index in [0.29, 0.717) is 6.04 Å². The lowest BCUT2D eigenvalue weighted by molar-refractivity contribution is 0.169. The number of rotatable bonds is 4. The summed E-state index contributed by atoms with van der Waals surface area (Å²) in [5, 5.41) is 6.79. The van der Waals surface area contributed by atoms with Crippen LogP contribution < -0.4 is 5.32 Å². The molecule has 4 nitrogen and oxygen atoms in total. The third-order valence-corrected chi connectivity index (χ3v) is 4.69. The second kappa shape index (κ2) is 6.43. The monoisotopic (exact) mass is 288 g/mol. The average molecular weight is 288 g/mol. The maximum Gasteiger partial charge on any atom is 0.110 e. The summed E-state index contributed by atoms with van der Waals surface area (Å²) >= 11 is 1.77. The van der Waals surface area contributed by atoms with Gasteiger partial charge in [-0.1, -0.05) is 6.92 Å². The zero-order valence-corrected chi connectivity index (χ0v) is 12.6. The molecule has 1 aliphatic rings. The highest BCUT2D eigenvalue weighted by Gasteiger charge is 2.23. The van der Waals surface area contributed by atoms with Crippen LogP contribution in [0, 0.1) is 0 Å². The molecule has 3 rings (SSSR count). The lowest BCUT2D eigenvalue weighted by atomic mass is 10.1. The van der Waals surface area contributed by atoms with Crippen molar-refractivity contribution < 1.29 is 0 Å². The van der Waals surface area contributed by atoms with E-state index < -0.39 is 0 Å². The largest absolute Gasteiger partial charge is 0.314 e. The van der Waals surface area contributed by atoms with Gasteiger partial charge in [-0.05, 0) is 18.6 Å². The van der Waals surface area contributed by atoms with Gasteiger partial charge < -0.3 is 5.32 Å². The lowest BCUT2D eigenvalue weighted by Gasteiger charge is -2.33. The van der Waals surface area contributed by atoms with E-state index in [4.69, 9.17) is 4.98 Å². The molecule has 1 unspecified atom stereocenters. The third kappa shape index (κ3) is 2.90. The van der Waals surface area contributed by atoms with Gasteiger partial charge in [0.1, 0.15) is 5.01 Å². The van der Waals surface area contributed by atoms with Gasteiger partial charge in [-0.2, -0.15) is 0 Å². The van der Waals surface area contributed by atoms with E-state index in [1.54, 1.807) is 17.5 Å². The molecule has 106 valence electrons. The van der Waals surface area contributed by atoms with E-state index in [1.165, 1.54) is 5.01 Å².